The van der Waals surface area contributed by atoms with Gasteiger partial charge < -0.3 is 5.32 Å². The summed E-state index contributed by atoms with van der Waals surface area (Å²) in [5.74, 6) is 1.57. The summed E-state index contributed by atoms with van der Waals surface area (Å²) in [5, 5.41) is 3.74. The van der Waals surface area contributed by atoms with Crippen molar-refractivity contribution in [2.75, 3.05) is 0 Å². The topological polar surface area (TPSA) is 12.0 Å². The molecular formula is C19H21N. The van der Waals surface area contributed by atoms with Gasteiger partial charge in [-0.1, -0.05) is 54.6 Å². The molecule has 1 nitrogen and oxygen atoms in total. The quantitative estimate of drug-likeness (QED) is 0.852. The van der Waals surface area contributed by atoms with E-state index in [2.05, 4.69) is 59.9 Å². The van der Waals surface area contributed by atoms with Crippen LogP contribution in [0.1, 0.15) is 47.8 Å². The van der Waals surface area contributed by atoms with E-state index in [1.54, 1.807) is 5.56 Å². The predicted octanol–water partition coefficient (Wildman–Crippen LogP) is 4.21. The first-order valence-corrected chi connectivity index (χ1v) is 7.78. The third-order valence-electron chi connectivity index (χ3n) is 4.65. The molecule has 0 bridgehead atoms. The van der Waals surface area contributed by atoms with Crippen LogP contribution >= 0.6 is 0 Å². The van der Waals surface area contributed by atoms with Gasteiger partial charge in [0.2, 0.25) is 0 Å². The van der Waals surface area contributed by atoms with Crippen molar-refractivity contribution >= 4 is 0 Å². The molecule has 2 atom stereocenters. The zero-order valence-corrected chi connectivity index (χ0v) is 11.8. The van der Waals surface area contributed by atoms with Crippen LogP contribution in [0.5, 0.6) is 0 Å². The Labute approximate surface area is 121 Å². The van der Waals surface area contributed by atoms with E-state index in [9.17, 15) is 0 Å². The van der Waals surface area contributed by atoms with Crippen LogP contribution in [0.15, 0.2) is 54.6 Å². The Morgan fingerprint density at radius 3 is 2.45 bits per heavy atom. The molecule has 0 aliphatic heterocycles. The maximum absolute atomic E-state index is 3.74. The summed E-state index contributed by atoms with van der Waals surface area (Å²) in [5.41, 5.74) is 4.58. The Morgan fingerprint density at radius 2 is 1.65 bits per heavy atom. The zero-order valence-electron chi connectivity index (χ0n) is 11.8. The molecule has 0 heterocycles. The van der Waals surface area contributed by atoms with E-state index >= 15 is 0 Å². The molecule has 0 amide bonds. The monoisotopic (exact) mass is 263 g/mol. The highest BCUT2D eigenvalue weighted by Gasteiger charge is 2.37. The van der Waals surface area contributed by atoms with Gasteiger partial charge in [0.25, 0.3) is 0 Å². The first-order chi connectivity index (χ1) is 9.92. The summed E-state index contributed by atoms with van der Waals surface area (Å²) in [7, 11) is 0. The standard InChI is InChI=1S/C19H21N/c1-2-6-14(7-3-1)18-12-19(18)20-13-16-8-4-5-9-17(16)15-10-11-15/h1-9,15,18-20H,10-13H2. The maximum Gasteiger partial charge on any atom is 0.0211 e. The average Bonchev–Trinajstić information content (AvgIpc) is 3.40. The summed E-state index contributed by atoms with van der Waals surface area (Å²) in [6, 6.07) is 20.5. The van der Waals surface area contributed by atoms with Crippen molar-refractivity contribution in [2.45, 2.75) is 43.7 Å². The first kappa shape index (κ1) is 12.2. The van der Waals surface area contributed by atoms with E-state index in [1.807, 2.05) is 0 Å². The van der Waals surface area contributed by atoms with Crippen molar-refractivity contribution in [3.05, 3.63) is 71.3 Å². The Kier molecular flexibility index (Phi) is 3.08. The molecule has 102 valence electrons. The second kappa shape index (κ2) is 5.06. The molecule has 2 aliphatic rings. The molecule has 0 radical (unpaired) electrons. The highest BCUT2D eigenvalue weighted by Crippen LogP contribution is 2.43. The summed E-state index contributed by atoms with van der Waals surface area (Å²) in [6.45, 7) is 1.03. The molecule has 0 aromatic heterocycles. The highest BCUT2D eigenvalue weighted by atomic mass is 15.0. The van der Waals surface area contributed by atoms with Crippen LogP contribution in [0, 0.1) is 0 Å². The van der Waals surface area contributed by atoms with Gasteiger partial charge in [-0.05, 0) is 41.9 Å². The lowest BCUT2D eigenvalue weighted by Crippen LogP contribution is -2.18. The van der Waals surface area contributed by atoms with Crippen LogP contribution in [0.4, 0.5) is 0 Å². The highest BCUT2D eigenvalue weighted by molar-refractivity contribution is 5.34. The van der Waals surface area contributed by atoms with Crippen LogP contribution in [0.2, 0.25) is 0 Å². The van der Waals surface area contributed by atoms with Crippen LogP contribution < -0.4 is 5.32 Å². The number of hydrogen-bond acceptors (Lipinski definition) is 1. The van der Waals surface area contributed by atoms with Gasteiger partial charge in [-0.25, -0.2) is 0 Å². The third kappa shape index (κ3) is 2.51. The van der Waals surface area contributed by atoms with Crippen molar-refractivity contribution in [1.29, 1.82) is 0 Å². The van der Waals surface area contributed by atoms with Crippen molar-refractivity contribution in [3.63, 3.8) is 0 Å². The Morgan fingerprint density at radius 1 is 0.900 bits per heavy atom. The predicted molar refractivity (Wildman–Crippen MR) is 82.8 cm³/mol. The third-order valence-corrected chi connectivity index (χ3v) is 4.65. The van der Waals surface area contributed by atoms with Crippen molar-refractivity contribution < 1.29 is 0 Å². The fourth-order valence-corrected chi connectivity index (χ4v) is 3.22. The minimum Gasteiger partial charge on any atom is -0.309 e. The Bertz CT molecular complexity index is 586. The van der Waals surface area contributed by atoms with Gasteiger partial charge in [0.15, 0.2) is 0 Å². The molecule has 4 rings (SSSR count). The second-order valence-electron chi connectivity index (χ2n) is 6.21. The lowest BCUT2D eigenvalue weighted by atomic mass is 10.0. The van der Waals surface area contributed by atoms with Crippen LogP contribution in [0.3, 0.4) is 0 Å². The van der Waals surface area contributed by atoms with E-state index in [1.165, 1.54) is 30.4 Å². The molecule has 1 N–H and O–H groups in total. The van der Waals surface area contributed by atoms with E-state index in [0.717, 1.165) is 18.4 Å². The molecule has 20 heavy (non-hydrogen) atoms. The number of nitrogens with one attached hydrogen (secondary N) is 1. The maximum atomic E-state index is 3.74. The molecule has 2 aliphatic carbocycles. The van der Waals surface area contributed by atoms with Gasteiger partial charge >= 0.3 is 0 Å². The molecule has 2 aromatic carbocycles. The van der Waals surface area contributed by atoms with E-state index in [-0.39, 0.29) is 0 Å². The summed E-state index contributed by atoms with van der Waals surface area (Å²) in [4.78, 5) is 0. The van der Waals surface area contributed by atoms with Gasteiger partial charge in [0.05, 0.1) is 0 Å². The normalized spacial score (nSPS) is 24.6. The molecule has 2 aromatic rings. The first-order valence-electron chi connectivity index (χ1n) is 7.78. The van der Waals surface area contributed by atoms with Gasteiger partial charge in [-0.3, -0.25) is 0 Å². The van der Waals surface area contributed by atoms with Crippen molar-refractivity contribution in [1.82, 2.24) is 5.32 Å². The molecule has 0 saturated heterocycles. The smallest absolute Gasteiger partial charge is 0.0211 e. The van der Waals surface area contributed by atoms with Crippen molar-refractivity contribution in [2.24, 2.45) is 0 Å². The van der Waals surface area contributed by atoms with E-state index in [4.69, 9.17) is 0 Å². The van der Waals surface area contributed by atoms with E-state index in [0.29, 0.717) is 6.04 Å². The zero-order chi connectivity index (χ0) is 13.4. The SMILES string of the molecule is c1ccc(C2CC2NCc2ccccc2C2CC2)cc1. The summed E-state index contributed by atoms with van der Waals surface area (Å²) < 4.78 is 0. The van der Waals surface area contributed by atoms with E-state index < -0.39 is 0 Å². The molecule has 2 saturated carbocycles. The lowest BCUT2D eigenvalue weighted by Gasteiger charge is -2.10. The minimum absolute atomic E-state index is 0.671. The van der Waals surface area contributed by atoms with Gasteiger partial charge in [0, 0.05) is 18.5 Å². The van der Waals surface area contributed by atoms with Gasteiger partial charge in [-0.2, -0.15) is 0 Å². The molecule has 1 heteroatoms. The van der Waals surface area contributed by atoms with Gasteiger partial charge in [0.1, 0.15) is 0 Å². The summed E-state index contributed by atoms with van der Waals surface area (Å²) in [6.07, 6.45) is 4.05. The lowest BCUT2D eigenvalue weighted by molar-refractivity contribution is 0.668. The molecular weight excluding hydrogens is 242 g/mol. The fraction of sp³-hybridized carbons (Fsp3) is 0.368. The fourth-order valence-electron chi connectivity index (χ4n) is 3.22. The van der Waals surface area contributed by atoms with Crippen molar-refractivity contribution in [3.8, 4) is 0 Å². The number of rotatable bonds is 5. The average molecular weight is 263 g/mol. The largest absolute Gasteiger partial charge is 0.309 e. The van der Waals surface area contributed by atoms with Crippen LogP contribution in [-0.4, -0.2) is 6.04 Å². The Balaban J connectivity index is 1.38. The van der Waals surface area contributed by atoms with Crippen LogP contribution in [-0.2, 0) is 6.54 Å². The molecule has 2 unspecified atom stereocenters. The molecule has 2 fully saturated rings. The number of benzene rings is 2. The Hall–Kier alpha value is -1.60. The molecule has 0 spiro atoms. The van der Waals surface area contributed by atoms with Gasteiger partial charge in [-0.15, -0.1) is 0 Å². The minimum atomic E-state index is 0.671. The number of hydrogen-bond donors (Lipinski definition) is 1. The summed E-state index contributed by atoms with van der Waals surface area (Å²) >= 11 is 0. The second-order valence-corrected chi connectivity index (χ2v) is 6.21. The van der Waals surface area contributed by atoms with Crippen LogP contribution in [0.25, 0.3) is 0 Å².